The zero-order valence-electron chi connectivity index (χ0n) is 25.2. The predicted octanol–water partition coefficient (Wildman–Crippen LogP) is 7.88. The van der Waals surface area contributed by atoms with Crippen LogP contribution in [0.3, 0.4) is 0 Å². The van der Waals surface area contributed by atoms with Gasteiger partial charge in [0.1, 0.15) is 0 Å². The maximum absolute atomic E-state index is 2.62. The van der Waals surface area contributed by atoms with E-state index in [0.717, 1.165) is 6.42 Å². The summed E-state index contributed by atoms with van der Waals surface area (Å²) in [4.78, 5) is 0. The maximum Gasteiger partial charge on any atom is 0.248 e. The molecule has 8 aromatic rings. The Balaban J connectivity index is 1.37. The minimum atomic E-state index is -0.434. The summed E-state index contributed by atoms with van der Waals surface area (Å²) in [6, 6.07) is 59.3. The minimum absolute atomic E-state index is 0.197. The molecule has 0 radical (unpaired) electrons. The Hall–Kier alpha value is -5.60. The summed E-state index contributed by atoms with van der Waals surface area (Å²) in [5.74, 6) is 0. The fraction of sp³-hybridized carbons (Fsp3) is 0.0455. The molecule has 0 saturated carbocycles. The van der Waals surface area contributed by atoms with Crippen LogP contribution in [-0.4, -0.2) is 11.3 Å². The van der Waals surface area contributed by atoms with Gasteiger partial charge in [0.15, 0.2) is 0 Å². The van der Waals surface area contributed by atoms with Crippen LogP contribution in [0, 0.1) is 0 Å². The van der Waals surface area contributed by atoms with Crippen molar-refractivity contribution < 1.29 is 0 Å². The third-order valence-corrected chi connectivity index (χ3v) is 11.2. The van der Waals surface area contributed by atoms with Gasteiger partial charge in [0, 0.05) is 22.0 Å². The molecule has 46 heavy (non-hydrogen) atoms. The first-order valence-corrected chi connectivity index (χ1v) is 16.4. The third kappa shape index (κ3) is 2.85. The summed E-state index contributed by atoms with van der Waals surface area (Å²) in [6.07, 6.45) is 0.954. The lowest BCUT2D eigenvalue weighted by Crippen LogP contribution is -2.67. The zero-order chi connectivity index (χ0) is 30.0. The second-order valence-corrected chi connectivity index (χ2v) is 13.1. The van der Waals surface area contributed by atoms with Crippen LogP contribution < -0.4 is 16.4 Å². The van der Waals surface area contributed by atoms with Crippen LogP contribution in [0.4, 0.5) is 0 Å². The Morgan fingerprint density at radius 1 is 0.500 bits per heavy atom. The molecule has 0 fully saturated rings. The van der Waals surface area contributed by atoms with Crippen LogP contribution >= 0.6 is 0 Å². The van der Waals surface area contributed by atoms with Crippen molar-refractivity contribution in [3.05, 3.63) is 191 Å². The summed E-state index contributed by atoms with van der Waals surface area (Å²) >= 11 is 0. The lowest BCUT2D eigenvalue weighted by Gasteiger charge is -2.48. The molecule has 0 aliphatic carbocycles. The molecule has 1 aromatic heterocycles. The maximum atomic E-state index is 2.62. The van der Waals surface area contributed by atoms with E-state index >= 15 is 0 Å². The minimum Gasteiger partial charge on any atom is -0.310 e. The van der Waals surface area contributed by atoms with Gasteiger partial charge >= 0.3 is 0 Å². The largest absolute Gasteiger partial charge is 0.310 e. The molecule has 1 nitrogen and oxygen atoms in total. The van der Waals surface area contributed by atoms with Crippen LogP contribution in [-0.2, 0) is 11.8 Å². The Bertz CT molecular complexity index is 2500. The fourth-order valence-electron chi connectivity index (χ4n) is 9.57. The van der Waals surface area contributed by atoms with E-state index in [9.17, 15) is 0 Å². The molecule has 3 aliphatic heterocycles. The van der Waals surface area contributed by atoms with Crippen molar-refractivity contribution in [2.24, 2.45) is 0 Å². The highest BCUT2D eigenvalue weighted by atomic mass is 15.0. The van der Waals surface area contributed by atoms with Gasteiger partial charge in [-0.2, -0.15) is 0 Å². The van der Waals surface area contributed by atoms with Gasteiger partial charge in [-0.15, -0.1) is 0 Å². The van der Waals surface area contributed by atoms with Crippen molar-refractivity contribution in [2.75, 3.05) is 0 Å². The second kappa shape index (κ2) is 8.77. The van der Waals surface area contributed by atoms with E-state index in [2.05, 4.69) is 162 Å². The van der Waals surface area contributed by atoms with E-state index in [4.69, 9.17) is 0 Å². The van der Waals surface area contributed by atoms with Crippen molar-refractivity contribution in [1.82, 2.24) is 4.57 Å². The number of fused-ring (bicyclic) bond motifs is 4. The topological polar surface area (TPSA) is 4.93 Å². The lowest BCUT2D eigenvalue weighted by molar-refractivity contribution is 0.748. The van der Waals surface area contributed by atoms with Gasteiger partial charge < -0.3 is 4.57 Å². The first kappa shape index (κ1) is 24.7. The first-order valence-electron chi connectivity index (χ1n) is 16.4. The molecule has 0 N–H and O–H groups in total. The van der Waals surface area contributed by atoms with Crippen LogP contribution in [0.25, 0.3) is 38.6 Å². The average molecular weight is 582 g/mol. The predicted molar refractivity (Wildman–Crippen MR) is 192 cm³/mol. The molecule has 2 heteroatoms. The molecule has 0 bridgehead atoms. The molecular weight excluding hydrogens is 553 g/mol. The summed E-state index contributed by atoms with van der Waals surface area (Å²) in [5, 5.41) is 2.70. The Kier molecular flexibility index (Phi) is 4.71. The normalized spacial score (nSPS) is 14.6. The standard InChI is InChI=1S/C44H28BN/c1-4-13-28(14-5-1)33-20-11-23-37-39(33)34-26-25-30-27-29-15-10-21-35-40(29)45-41(30)43(34)46(37)38-24-12-22-36(42(38)45)44(35,31-16-6-2-7-17-31)32-18-8-3-9-19-32/h1-26H,27H2. The number of hydrogen-bond donors (Lipinski definition) is 0. The highest BCUT2D eigenvalue weighted by Crippen LogP contribution is 2.49. The SMILES string of the molecule is c1ccc(-c2cccc3c2c2ccc4c5c2n3-c2cccc3c2B5c2c(cccc2C3(c2ccccc2)c2ccccc2)C4)cc1. The average Bonchev–Trinajstić information content (AvgIpc) is 3.48. The van der Waals surface area contributed by atoms with Gasteiger partial charge in [-0.05, 0) is 74.0 Å². The van der Waals surface area contributed by atoms with E-state index in [-0.39, 0.29) is 6.71 Å². The van der Waals surface area contributed by atoms with E-state index in [1.165, 1.54) is 88.4 Å². The molecule has 212 valence electrons. The van der Waals surface area contributed by atoms with Gasteiger partial charge in [0.2, 0.25) is 6.71 Å². The van der Waals surface area contributed by atoms with E-state index in [0.29, 0.717) is 0 Å². The molecule has 0 saturated heterocycles. The number of aromatic nitrogens is 1. The fourth-order valence-corrected chi connectivity index (χ4v) is 9.57. The van der Waals surface area contributed by atoms with Crippen molar-refractivity contribution >= 4 is 44.9 Å². The molecule has 11 rings (SSSR count). The van der Waals surface area contributed by atoms with Gasteiger partial charge in [-0.1, -0.05) is 151 Å². The Morgan fingerprint density at radius 2 is 1.13 bits per heavy atom. The molecular formula is C44H28BN. The summed E-state index contributed by atoms with van der Waals surface area (Å²) in [5.41, 5.74) is 19.0. The molecule has 0 unspecified atom stereocenters. The van der Waals surface area contributed by atoms with Crippen molar-refractivity contribution in [3.63, 3.8) is 0 Å². The van der Waals surface area contributed by atoms with E-state index in [1.807, 2.05) is 0 Å². The van der Waals surface area contributed by atoms with E-state index < -0.39 is 5.41 Å². The van der Waals surface area contributed by atoms with Crippen molar-refractivity contribution in [3.8, 4) is 16.8 Å². The monoisotopic (exact) mass is 581 g/mol. The quantitative estimate of drug-likeness (QED) is 0.187. The van der Waals surface area contributed by atoms with Gasteiger partial charge in [0.25, 0.3) is 0 Å². The highest BCUT2D eigenvalue weighted by molar-refractivity contribution is 7.00. The van der Waals surface area contributed by atoms with Gasteiger partial charge in [-0.3, -0.25) is 0 Å². The molecule has 3 aliphatic rings. The first-order chi connectivity index (χ1) is 22.9. The zero-order valence-corrected chi connectivity index (χ0v) is 25.2. The van der Waals surface area contributed by atoms with Crippen molar-refractivity contribution in [1.29, 1.82) is 0 Å². The molecule has 0 spiro atoms. The van der Waals surface area contributed by atoms with Crippen LogP contribution in [0.1, 0.15) is 33.4 Å². The smallest absolute Gasteiger partial charge is 0.248 e. The molecule has 0 atom stereocenters. The number of rotatable bonds is 3. The van der Waals surface area contributed by atoms with E-state index in [1.54, 1.807) is 0 Å². The van der Waals surface area contributed by atoms with Gasteiger partial charge in [0.05, 0.1) is 10.9 Å². The summed E-state index contributed by atoms with van der Waals surface area (Å²) in [7, 11) is 0. The highest BCUT2D eigenvalue weighted by Gasteiger charge is 2.52. The van der Waals surface area contributed by atoms with Crippen molar-refractivity contribution in [2.45, 2.75) is 11.8 Å². The van der Waals surface area contributed by atoms with Gasteiger partial charge in [-0.25, -0.2) is 0 Å². The Labute approximate surface area is 268 Å². The summed E-state index contributed by atoms with van der Waals surface area (Å²) in [6.45, 7) is 0.197. The number of hydrogen-bond acceptors (Lipinski definition) is 0. The number of benzene rings is 7. The number of nitrogens with zero attached hydrogens (tertiary/aromatic N) is 1. The molecule has 7 aromatic carbocycles. The second-order valence-electron chi connectivity index (χ2n) is 13.1. The lowest BCUT2D eigenvalue weighted by atomic mass is 9.27. The van der Waals surface area contributed by atoms with Crippen LogP contribution in [0.5, 0.6) is 0 Å². The van der Waals surface area contributed by atoms with Crippen LogP contribution in [0.2, 0.25) is 0 Å². The molecule has 0 amide bonds. The Morgan fingerprint density at radius 3 is 1.87 bits per heavy atom. The summed E-state index contributed by atoms with van der Waals surface area (Å²) < 4.78 is 2.62. The van der Waals surface area contributed by atoms with Crippen LogP contribution in [0.15, 0.2) is 158 Å². The molecule has 4 heterocycles. The third-order valence-electron chi connectivity index (χ3n) is 11.2.